The summed E-state index contributed by atoms with van der Waals surface area (Å²) in [6, 6.07) is 0.192. The lowest BCUT2D eigenvalue weighted by Crippen LogP contribution is -2.63. The molecule has 136 valence electrons. The van der Waals surface area contributed by atoms with Crippen LogP contribution in [-0.2, 0) is 11.3 Å². The van der Waals surface area contributed by atoms with Crippen molar-refractivity contribution in [3.8, 4) is 0 Å². The lowest BCUT2D eigenvalue weighted by Gasteiger charge is -2.40. The van der Waals surface area contributed by atoms with Gasteiger partial charge in [-0.15, -0.1) is 35.3 Å². The molecule has 1 fully saturated rings. The van der Waals surface area contributed by atoms with E-state index < -0.39 is 5.60 Å². The molecular formula is C15H26IN5O2S. The quantitative estimate of drug-likeness (QED) is 0.406. The molecule has 2 rings (SSSR count). The number of halogens is 1. The van der Waals surface area contributed by atoms with Crippen LogP contribution in [0.5, 0.6) is 0 Å². The highest BCUT2D eigenvalue weighted by atomic mass is 127. The molecular weight excluding hydrogens is 441 g/mol. The number of likely N-dealkylation sites (tertiary alicyclic amines) is 1. The summed E-state index contributed by atoms with van der Waals surface area (Å²) < 4.78 is 5.34. The van der Waals surface area contributed by atoms with E-state index in [4.69, 9.17) is 4.74 Å². The zero-order chi connectivity index (χ0) is 17.0. The SMILES string of the molecule is CN=C(NCc1cnc(C)s1)NC1CN(C(=O)OC(C)(C)C)C1.I. The molecule has 0 aliphatic carbocycles. The van der Waals surface area contributed by atoms with Gasteiger partial charge in [0.25, 0.3) is 0 Å². The van der Waals surface area contributed by atoms with E-state index in [1.54, 1.807) is 23.3 Å². The first kappa shape index (κ1) is 20.9. The number of aromatic nitrogens is 1. The Balaban J connectivity index is 0.00000288. The van der Waals surface area contributed by atoms with E-state index in [2.05, 4.69) is 20.6 Å². The number of hydrogen-bond acceptors (Lipinski definition) is 5. The average molecular weight is 467 g/mol. The zero-order valence-electron chi connectivity index (χ0n) is 14.8. The van der Waals surface area contributed by atoms with E-state index in [-0.39, 0.29) is 36.1 Å². The van der Waals surface area contributed by atoms with Gasteiger partial charge in [0.05, 0.1) is 17.6 Å². The second-order valence-electron chi connectivity index (χ2n) is 6.50. The predicted octanol–water partition coefficient (Wildman–Crippen LogP) is 2.35. The van der Waals surface area contributed by atoms with Gasteiger partial charge in [0.1, 0.15) is 5.60 Å². The number of carbonyl (C=O) groups is 1. The molecule has 2 heterocycles. The molecule has 0 saturated carbocycles. The van der Waals surface area contributed by atoms with Crippen molar-refractivity contribution in [3.05, 3.63) is 16.1 Å². The fraction of sp³-hybridized carbons (Fsp3) is 0.667. The third kappa shape index (κ3) is 6.42. The summed E-state index contributed by atoms with van der Waals surface area (Å²) in [7, 11) is 1.73. The van der Waals surface area contributed by atoms with E-state index in [1.165, 1.54) is 0 Å². The summed E-state index contributed by atoms with van der Waals surface area (Å²) in [5.74, 6) is 0.727. The molecule has 0 atom stereocenters. The Morgan fingerprint density at radius 1 is 1.50 bits per heavy atom. The number of aliphatic imine (C=N–C) groups is 1. The minimum absolute atomic E-state index is 0. The van der Waals surface area contributed by atoms with Crippen molar-refractivity contribution in [2.75, 3.05) is 20.1 Å². The molecule has 9 heteroatoms. The fourth-order valence-electron chi connectivity index (χ4n) is 2.09. The summed E-state index contributed by atoms with van der Waals surface area (Å²) in [5, 5.41) is 7.61. The Morgan fingerprint density at radius 3 is 2.67 bits per heavy atom. The molecule has 0 radical (unpaired) electrons. The molecule has 0 unspecified atom stereocenters. The number of ether oxygens (including phenoxy) is 1. The van der Waals surface area contributed by atoms with Crippen molar-refractivity contribution in [1.29, 1.82) is 0 Å². The van der Waals surface area contributed by atoms with Gasteiger partial charge in [0.2, 0.25) is 0 Å². The van der Waals surface area contributed by atoms with Crippen LogP contribution < -0.4 is 10.6 Å². The molecule has 0 aromatic carbocycles. The molecule has 24 heavy (non-hydrogen) atoms. The first-order valence-corrected chi connectivity index (χ1v) is 8.45. The summed E-state index contributed by atoms with van der Waals surface area (Å²) >= 11 is 1.66. The van der Waals surface area contributed by atoms with Gasteiger partial charge in [-0.1, -0.05) is 0 Å². The number of carbonyl (C=O) groups excluding carboxylic acids is 1. The van der Waals surface area contributed by atoms with Crippen molar-refractivity contribution in [3.63, 3.8) is 0 Å². The molecule has 1 aliphatic heterocycles. The third-order valence-corrected chi connectivity index (χ3v) is 4.11. The van der Waals surface area contributed by atoms with Crippen LogP contribution in [0.1, 0.15) is 30.7 Å². The second kappa shape index (κ2) is 8.84. The number of thiazole rings is 1. The average Bonchev–Trinajstić information content (AvgIpc) is 2.80. The van der Waals surface area contributed by atoms with E-state index in [9.17, 15) is 4.79 Å². The predicted molar refractivity (Wildman–Crippen MR) is 107 cm³/mol. The number of nitrogens with zero attached hydrogens (tertiary/aromatic N) is 3. The monoisotopic (exact) mass is 467 g/mol. The van der Waals surface area contributed by atoms with Crippen LogP contribution in [0.15, 0.2) is 11.2 Å². The standard InChI is InChI=1S/C15H25N5O2S.HI/c1-10-17-6-12(23-10)7-18-13(16-5)19-11-8-20(9-11)14(21)22-15(2,3)4;/h6,11H,7-9H2,1-5H3,(H2,16,18,19);1H. The molecule has 0 spiro atoms. The molecule has 1 aromatic rings. The van der Waals surface area contributed by atoms with E-state index in [1.807, 2.05) is 33.9 Å². The number of amides is 1. The zero-order valence-corrected chi connectivity index (χ0v) is 17.9. The van der Waals surface area contributed by atoms with E-state index in [0.717, 1.165) is 15.8 Å². The lowest BCUT2D eigenvalue weighted by molar-refractivity contribution is 0.00701. The largest absolute Gasteiger partial charge is 0.444 e. The van der Waals surface area contributed by atoms with Gasteiger partial charge in [0.15, 0.2) is 5.96 Å². The van der Waals surface area contributed by atoms with Gasteiger partial charge in [-0.25, -0.2) is 9.78 Å². The van der Waals surface area contributed by atoms with Gasteiger partial charge in [0, 0.05) is 31.2 Å². The number of aryl methyl sites for hydroxylation is 1. The van der Waals surface area contributed by atoms with Crippen LogP contribution >= 0.6 is 35.3 Å². The van der Waals surface area contributed by atoms with E-state index in [0.29, 0.717) is 19.6 Å². The van der Waals surface area contributed by atoms with Crippen molar-refractivity contribution >= 4 is 47.4 Å². The highest BCUT2D eigenvalue weighted by Gasteiger charge is 2.34. The van der Waals surface area contributed by atoms with E-state index >= 15 is 0 Å². The third-order valence-electron chi connectivity index (χ3n) is 3.20. The Bertz CT molecular complexity index is 579. The van der Waals surface area contributed by atoms with Gasteiger partial charge < -0.3 is 20.3 Å². The topological polar surface area (TPSA) is 78.9 Å². The van der Waals surface area contributed by atoms with Crippen molar-refractivity contribution < 1.29 is 9.53 Å². The Hall–Kier alpha value is -1.10. The maximum atomic E-state index is 11.9. The molecule has 2 N–H and O–H groups in total. The van der Waals surface area contributed by atoms with Gasteiger partial charge in [-0.2, -0.15) is 0 Å². The Morgan fingerprint density at radius 2 is 2.17 bits per heavy atom. The first-order valence-electron chi connectivity index (χ1n) is 7.63. The van der Waals surface area contributed by atoms with Crippen LogP contribution in [0.4, 0.5) is 4.79 Å². The minimum Gasteiger partial charge on any atom is -0.444 e. The summed E-state index contributed by atoms with van der Waals surface area (Å²) in [4.78, 5) is 23.2. The normalized spacial score (nSPS) is 15.4. The van der Waals surface area contributed by atoms with Gasteiger partial charge in [-0.3, -0.25) is 4.99 Å². The lowest BCUT2D eigenvalue weighted by atomic mass is 10.1. The van der Waals surface area contributed by atoms with Crippen LogP contribution in [0.25, 0.3) is 0 Å². The summed E-state index contributed by atoms with van der Waals surface area (Å²) in [5.41, 5.74) is -0.458. The molecule has 0 bridgehead atoms. The van der Waals surface area contributed by atoms with Crippen molar-refractivity contribution in [2.45, 2.75) is 45.9 Å². The molecule has 7 nitrogen and oxygen atoms in total. The maximum Gasteiger partial charge on any atom is 0.410 e. The van der Waals surface area contributed by atoms with Crippen LogP contribution in [0, 0.1) is 6.92 Å². The van der Waals surface area contributed by atoms with Crippen LogP contribution in [0.3, 0.4) is 0 Å². The fourth-order valence-corrected chi connectivity index (χ4v) is 2.83. The number of rotatable bonds is 3. The molecule has 1 amide bonds. The van der Waals surface area contributed by atoms with Crippen molar-refractivity contribution in [1.82, 2.24) is 20.5 Å². The molecule has 1 saturated heterocycles. The molecule has 1 aliphatic rings. The second-order valence-corrected chi connectivity index (χ2v) is 7.82. The molecule has 1 aromatic heterocycles. The number of nitrogens with one attached hydrogen (secondary N) is 2. The van der Waals surface area contributed by atoms with Crippen LogP contribution in [-0.4, -0.2) is 53.7 Å². The maximum absolute atomic E-state index is 11.9. The highest BCUT2D eigenvalue weighted by Crippen LogP contribution is 2.15. The Labute approximate surface area is 164 Å². The van der Waals surface area contributed by atoms with Gasteiger partial charge in [-0.05, 0) is 27.7 Å². The highest BCUT2D eigenvalue weighted by molar-refractivity contribution is 14.0. The minimum atomic E-state index is -0.458. The number of hydrogen-bond donors (Lipinski definition) is 2. The summed E-state index contributed by atoms with van der Waals surface area (Å²) in [6.07, 6.45) is 1.60. The van der Waals surface area contributed by atoms with Crippen molar-refractivity contribution in [2.24, 2.45) is 4.99 Å². The van der Waals surface area contributed by atoms with Crippen LogP contribution in [0.2, 0.25) is 0 Å². The number of guanidine groups is 1. The Kier molecular flexibility index (Phi) is 7.71. The summed E-state index contributed by atoms with van der Waals surface area (Å²) in [6.45, 7) is 9.52. The smallest absolute Gasteiger partial charge is 0.410 e. The van der Waals surface area contributed by atoms with Gasteiger partial charge >= 0.3 is 6.09 Å². The first-order chi connectivity index (χ1) is 10.8.